The molecule has 0 N–H and O–H groups in total. The van der Waals surface area contributed by atoms with Gasteiger partial charge >= 0.3 is 0 Å². The monoisotopic (exact) mass is 292 g/mol. The Morgan fingerprint density at radius 2 is 1.86 bits per heavy atom. The molecule has 0 aromatic heterocycles. The average molecular weight is 292 g/mol. The Balaban J connectivity index is 2.48. The first-order valence-electron chi connectivity index (χ1n) is 7.75. The third-order valence-electron chi connectivity index (χ3n) is 3.69. The number of hydrogen-bond acceptors (Lipinski definition) is 3. The van der Waals surface area contributed by atoms with Gasteiger partial charge in [-0.2, -0.15) is 0 Å². The van der Waals surface area contributed by atoms with E-state index in [0.29, 0.717) is 12.2 Å². The van der Waals surface area contributed by atoms with E-state index in [1.165, 1.54) is 0 Å². The van der Waals surface area contributed by atoms with Crippen molar-refractivity contribution < 1.29 is 14.3 Å². The summed E-state index contributed by atoms with van der Waals surface area (Å²) in [6.45, 7) is 7.40. The van der Waals surface area contributed by atoms with Crippen LogP contribution in [0.3, 0.4) is 0 Å². The van der Waals surface area contributed by atoms with Gasteiger partial charge in [0.05, 0.1) is 38.8 Å². The van der Waals surface area contributed by atoms with Crippen molar-refractivity contribution in [1.29, 1.82) is 0 Å². The Morgan fingerprint density at radius 1 is 1.19 bits per heavy atom. The lowest BCUT2D eigenvalue weighted by molar-refractivity contribution is -0.888. The Bertz CT molecular complexity index is 428. The number of ether oxygens (including phenoxy) is 1. The van der Waals surface area contributed by atoms with Crippen molar-refractivity contribution in [2.45, 2.75) is 26.7 Å². The Morgan fingerprint density at radius 3 is 2.43 bits per heavy atom. The third-order valence-corrected chi connectivity index (χ3v) is 3.69. The van der Waals surface area contributed by atoms with Crippen molar-refractivity contribution in [3.8, 4) is 0 Å². The molecule has 4 nitrogen and oxygen atoms in total. The van der Waals surface area contributed by atoms with E-state index in [4.69, 9.17) is 4.74 Å². The van der Waals surface area contributed by atoms with Gasteiger partial charge in [0, 0.05) is 13.2 Å². The quantitative estimate of drug-likeness (QED) is 0.390. The second kappa shape index (κ2) is 8.67. The maximum Gasteiger partial charge on any atom is 0.0877 e. The van der Waals surface area contributed by atoms with Crippen molar-refractivity contribution in [3.05, 3.63) is 35.8 Å². The van der Waals surface area contributed by atoms with Crippen molar-refractivity contribution in [2.75, 3.05) is 40.3 Å². The fourth-order valence-electron chi connectivity index (χ4n) is 1.70. The molecule has 1 rings (SSSR count). The Kier molecular flexibility index (Phi) is 7.23. The first-order chi connectivity index (χ1) is 9.98. The summed E-state index contributed by atoms with van der Waals surface area (Å²) in [4.78, 5) is 4.45. The zero-order valence-corrected chi connectivity index (χ0v) is 13.8. The minimum Gasteiger partial charge on any atom is -0.607 e. The predicted molar refractivity (Wildman–Crippen MR) is 86.0 cm³/mol. The van der Waals surface area contributed by atoms with Crippen molar-refractivity contribution in [2.24, 2.45) is 4.99 Å². The van der Waals surface area contributed by atoms with Crippen LogP contribution in [0.5, 0.6) is 0 Å². The summed E-state index contributed by atoms with van der Waals surface area (Å²) in [5.74, 6) is -0.258. The molecule has 0 saturated carbocycles. The number of rotatable bonds is 8. The maximum atomic E-state index is 11.9. The van der Waals surface area contributed by atoms with Gasteiger partial charge in [0.1, 0.15) is 0 Å². The average Bonchev–Trinajstić information content (AvgIpc) is 2.48. The molecule has 0 atom stereocenters. The zero-order valence-electron chi connectivity index (χ0n) is 13.8. The van der Waals surface area contributed by atoms with Gasteiger partial charge in [0.15, 0.2) is 0 Å². The standard InChI is InChI=1S/C17H28N2O2/c1-5-7-12-18-16-10-8-15(9-11-16)17(20)21-14-13-19(3,4)6-2/h8-11H,5-7,12-14H2,1-4H3. The summed E-state index contributed by atoms with van der Waals surface area (Å²) in [6.07, 6.45) is 9.55. The van der Waals surface area contributed by atoms with E-state index < -0.39 is 0 Å². The topological polar surface area (TPSA) is 44.7 Å². The van der Waals surface area contributed by atoms with Crippen LogP contribution in [0.2, 0.25) is 0 Å². The van der Waals surface area contributed by atoms with Crippen LogP contribution in [0.1, 0.15) is 26.7 Å². The lowest BCUT2D eigenvalue weighted by Crippen LogP contribution is -2.42. The molecule has 0 aliphatic heterocycles. The zero-order chi connectivity index (χ0) is 15.7. The second-order valence-electron chi connectivity index (χ2n) is 5.89. The molecule has 0 aromatic rings. The van der Waals surface area contributed by atoms with Crippen LogP contribution < -0.4 is 5.11 Å². The molecule has 21 heavy (non-hydrogen) atoms. The van der Waals surface area contributed by atoms with Crippen molar-refractivity contribution in [3.63, 3.8) is 0 Å². The van der Waals surface area contributed by atoms with E-state index in [1.54, 1.807) is 12.2 Å². The highest BCUT2D eigenvalue weighted by molar-refractivity contribution is 6.05. The number of nitrogens with zero attached hydrogens (tertiary/aromatic N) is 2. The van der Waals surface area contributed by atoms with Crippen LogP contribution >= 0.6 is 0 Å². The van der Waals surface area contributed by atoms with Crippen molar-refractivity contribution >= 4 is 5.71 Å². The minimum absolute atomic E-state index is 0.258. The van der Waals surface area contributed by atoms with Gasteiger partial charge in [-0.15, -0.1) is 0 Å². The fraction of sp³-hybridized carbons (Fsp3) is 0.588. The first kappa shape index (κ1) is 17.5. The van der Waals surface area contributed by atoms with E-state index in [9.17, 15) is 5.11 Å². The molecule has 1 aliphatic rings. The Labute approximate surface area is 128 Å². The number of hydrogen-bond donors (Lipinski definition) is 0. The lowest BCUT2D eigenvalue weighted by atomic mass is 10.1. The first-order valence-corrected chi connectivity index (χ1v) is 7.75. The van der Waals surface area contributed by atoms with Crippen LogP contribution in [0, 0.1) is 0 Å². The smallest absolute Gasteiger partial charge is 0.0877 e. The number of likely N-dealkylation sites (N-methyl/N-ethyl adjacent to an activating group) is 1. The van der Waals surface area contributed by atoms with Crippen LogP contribution in [0.4, 0.5) is 0 Å². The van der Waals surface area contributed by atoms with Crippen molar-refractivity contribution in [1.82, 2.24) is 0 Å². The summed E-state index contributed by atoms with van der Waals surface area (Å²) in [5, 5.41) is 11.9. The van der Waals surface area contributed by atoms with E-state index in [1.807, 2.05) is 12.2 Å². The summed E-state index contributed by atoms with van der Waals surface area (Å²) >= 11 is 0. The molecule has 1 aliphatic carbocycles. The van der Waals surface area contributed by atoms with Gasteiger partial charge in [-0.05, 0) is 31.1 Å². The van der Waals surface area contributed by atoms with E-state index in [2.05, 4.69) is 32.9 Å². The Hall–Kier alpha value is -1.55. The van der Waals surface area contributed by atoms with Crippen LogP contribution in [0.25, 0.3) is 0 Å². The van der Waals surface area contributed by atoms with Gasteiger partial charge in [0.2, 0.25) is 0 Å². The van der Waals surface area contributed by atoms with Gasteiger partial charge in [-0.3, -0.25) is 4.99 Å². The molecule has 0 radical (unpaired) electrons. The van der Waals surface area contributed by atoms with E-state index >= 15 is 0 Å². The van der Waals surface area contributed by atoms with Gasteiger partial charge < -0.3 is 14.3 Å². The molecule has 0 spiro atoms. The largest absolute Gasteiger partial charge is 0.607 e. The molecule has 0 saturated heterocycles. The van der Waals surface area contributed by atoms with Gasteiger partial charge in [-0.25, -0.2) is 0 Å². The minimum atomic E-state index is -0.258. The summed E-state index contributed by atoms with van der Waals surface area (Å²) in [5.41, 5.74) is 1.51. The van der Waals surface area contributed by atoms with Crippen LogP contribution in [0.15, 0.2) is 40.8 Å². The normalized spacial score (nSPS) is 14.5. The molecular weight excluding hydrogens is 264 g/mol. The molecular formula is C17H28N2O2. The molecule has 0 heterocycles. The third kappa shape index (κ3) is 6.63. The maximum absolute atomic E-state index is 11.9. The number of unbranched alkanes of at least 4 members (excludes halogenated alkanes) is 1. The SMILES string of the molecule is CCCCN=C1C=CC(=C([O-])OCC[N+](C)(C)CC)C=C1. The van der Waals surface area contributed by atoms with Gasteiger partial charge in [0.25, 0.3) is 0 Å². The molecule has 0 aromatic carbocycles. The predicted octanol–water partition coefficient (Wildman–Crippen LogP) is 2.04. The van der Waals surface area contributed by atoms with E-state index in [-0.39, 0.29) is 5.95 Å². The molecule has 0 amide bonds. The fourth-order valence-corrected chi connectivity index (χ4v) is 1.70. The summed E-state index contributed by atoms with van der Waals surface area (Å²) in [7, 11) is 4.25. The molecule has 0 fully saturated rings. The molecule has 0 unspecified atom stereocenters. The number of quaternary nitrogens is 1. The lowest BCUT2D eigenvalue weighted by Gasteiger charge is -2.30. The summed E-state index contributed by atoms with van der Waals surface area (Å²) < 4.78 is 6.17. The van der Waals surface area contributed by atoms with Crippen LogP contribution in [-0.4, -0.2) is 50.5 Å². The number of aliphatic imine (C=N–C) groups is 1. The molecule has 4 heteroatoms. The highest BCUT2D eigenvalue weighted by atomic mass is 16.6. The highest BCUT2D eigenvalue weighted by Gasteiger charge is 2.09. The van der Waals surface area contributed by atoms with Gasteiger partial charge in [-0.1, -0.05) is 25.5 Å². The summed E-state index contributed by atoms with van der Waals surface area (Å²) in [6, 6.07) is 0. The molecule has 0 bridgehead atoms. The highest BCUT2D eigenvalue weighted by Crippen LogP contribution is 2.11. The van der Waals surface area contributed by atoms with E-state index in [0.717, 1.165) is 42.7 Å². The number of allylic oxidation sites excluding steroid dienone is 5. The van der Waals surface area contributed by atoms with Crippen LogP contribution in [-0.2, 0) is 4.74 Å². The second-order valence-corrected chi connectivity index (χ2v) is 5.89. The molecule has 118 valence electrons.